The SMILES string of the molecule is CCCC1N=C2c3ccccc3N=C(SCC(=O)Nc3ccc(F)cc3F)N2C1=O. The Morgan fingerprint density at radius 1 is 1.23 bits per heavy atom. The van der Waals surface area contributed by atoms with Gasteiger partial charge in [0.2, 0.25) is 5.91 Å². The van der Waals surface area contributed by atoms with Crippen molar-refractivity contribution in [2.75, 3.05) is 11.1 Å². The Kier molecular flexibility index (Phi) is 5.63. The van der Waals surface area contributed by atoms with Gasteiger partial charge in [-0.05, 0) is 30.7 Å². The molecule has 1 unspecified atom stereocenters. The third-order valence-electron chi connectivity index (χ3n) is 4.65. The maximum Gasteiger partial charge on any atom is 0.259 e. The van der Waals surface area contributed by atoms with Crippen LogP contribution in [0.25, 0.3) is 0 Å². The van der Waals surface area contributed by atoms with Crippen LogP contribution in [-0.4, -0.2) is 39.5 Å². The smallest absolute Gasteiger partial charge is 0.259 e. The molecule has 2 aromatic carbocycles. The summed E-state index contributed by atoms with van der Waals surface area (Å²) in [6.07, 6.45) is 1.44. The second-order valence-electron chi connectivity index (χ2n) is 6.80. The Balaban J connectivity index is 1.53. The number of anilines is 1. The number of hydrogen-bond acceptors (Lipinski definition) is 5. The average molecular weight is 428 g/mol. The summed E-state index contributed by atoms with van der Waals surface area (Å²) in [5, 5.41) is 2.76. The van der Waals surface area contributed by atoms with Crippen molar-refractivity contribution in [3.63, 3.8) is 0 Å². The van der Waals surface area contributed by atoms with Crippen molar-refractivity contribution in [2.45, 2.75) is 25.8 Å². The van der Waals surface area contributed by atoms with Gasteiger partial charge in [-0.3, -0.25) is 14.6 Å². The number of halogens is 2. The molecule has 0 spiro atoms. The third kappa shape index (κ3) is 3.85. The van der Waals surface area contributed by atoms with E-state index in [0.717, 1.165) is 35.9 Å². The maximum atomic E-state index is 13.8. The van der Waals surface area contributed by atoms with E-state index >= 15 is 0 Å². The number of hydrogen-bond donors (Lipinski definition) is 1. The van der Waals surface area contributed by atoms with E-state index in [1.165, 1.54) is 4.90 Å². The molecule has 2 amide bonds. The van der Waals surface area contributed by atoms with Crippen LogP contribution in [0.15, 0.2) is 52.4 Å². The molecule has 2 aromatic rings. The molecule has 0 aliphatic carbocycles. The first-order valence-electron chi connectivity index (χ1n) is 9.45. The van der Waals surface area contributed by atoms with Gasteiger partial charge in [-0.1, -0.05) is 37.2 Å². The van der Waals surface area contributed by atoms with Crippen molar-refractivity contribution in [1.29, 1.82) is 0 Å². The zero-order chi connectivity index (χ0) is 21.3. The third-order valence-corrected chi connectivity index (χ3v) is 5.59. The Morgan fingerprint density at radius 3 is 2.80 bits per heavy atom. The Labute approximate surface area is 176 Å². The number of para-hydroxylation sites is 1. The topological polar surface area (TPSA) is 74.1 Å². The van der Waals surface area contributed by atoms with Crippen LogP contribution in [0.1, 0.15) is 25.3 Å². The van der Waals surface area contributed by atoms with Gasteiger partial charge in [-0.25, -0.2) is 18.7 Å². The van der Waals surface area contributed by atoms with Gasteiger partial charge in [0.1, 0.15) is 23.5 Å². The van der Waals surface area contributed by atoms with Gasteiger partial charge in [-0.2, -0.15) is 0 Å². The van der Waals surface area contributed by atoms with Crippen LogP contribution < -0.4 is 5.32 Å². The lowest BCUT2D eigenvalue weighted by Gasteiger charge is -2.25. The summed E-state index contributed by atoms with van der Waals surface area (Å²) in [7, 11) is 0. The second kappa shape index (κ2) is 8.35. The van der Waals surface area contributed by atoms with Crippen molar-refractivity contribution in [3.05, 3.63) is 59.7 Å². The molecular weight excluding hydrogens is 410 g/mol. The van der Waals surface area contributed by atoms with Crippen LogP contribution in [0.3, 0.4) is 0 Å². The normalized spacial score (nSPS) is 17.2. The zero-order valence-electron chi connectivity index (χ0n) is 16.1. The van der Waals surface area contributed by atoms with Crippen LogP contribution >= 0.6 is 11.8 Å². The number of nitrogens with zero attached hydrogens (tertiary/aromatic N) is 3. The van der Waals surface area contributed by atoms with E-state index in [-0.39, 0.29) is 17.3 Å². The molecular formula is C21H18F2N4O2S. The van der Waals surface area contributed by atoms with Gasteiger partial charge in [0.05, 0.1) is 17.1 Å². The highest BCUT2D eigenvalue weighted by Gasteiger charge is 2.40. The second-order valence-corrected chi connectivity index (χ2v) is 7.75. The van der Waals surface area contributed by atoms with Gasteiger partial charge >= 0.3 is 0 Å². The fourth-order valence-corrected chi connectivity index (χ4v) is 4.07. The van der Waals surface area contributed by atoms with Crippen molar-refractivity contribution in [3.8, 4) is 0 Å². The highest BCUT2D eigenvalue weighted by molar-refractivity contribution is 8.14. The van der Waals surface area contributed by atoms with Gasteiger partial charge in [0, 0.05) is 11.6 Å². The van der Waals surface area contributed by atoms with Crippen LogP contribution in [0.4, 0.5) is 20.2 Å². The molecule has 1 N–H and O–H groups in total. The Morgan fingerprint density at radius 2 is 2.03 bits per heavy atom. The number of benzene rings is 2. The van der Waals surface area contributed by atoms with Crippen LogP contribution in [0.5, 0.6) is 0 Å². The monoisotopic (exact) mass is 428 g/mol. The molecule has 30 heavy (non-hydrogen) atoms. The molecule has 0 radical (unpaired) electrons. The lowest BCUT2D eigenvalue weighted by Crippen LogP contribution is -2.41. The Bertz CT molecular complexity index is 1090. The number of amides is 2. The number of fused-ring (bicyclic) bond motifs is 3. The summed E-state index contributed by atoms with van der Waals surface area (Å²) in [6.45, 7) is 1.99. The molecule has 0 fully saturated rings. The van der Waals surface area contributed by atoms with E-state index < -0.39 is 23.6 Å². The van der Waals surface area contributed by atoms with Crippen LogP contribution in [0.2, 0.25) is 0 Å². The number of thioether (sulfide) groups is 1. The standard InChI is InChI=1S/C21H18F2N4O2S/c1-2-5-17-20(29)27-19(25-17)13-6-3-4-7-15(13)26-21(27)30-11-18(28)24-16-9-8-12(22)10-14(16)23/h3-4,6-10,17H,2,5,11H2,1H3,(H,24,28). The lowest BCUT2D eigenvalue weighted by atomic mass is 10.1. The molecule has 4 rings (SSSR count). The summed E-state index contributed by atoms with van der Waals surface area (Å²) in [4.78, 5) is 35.8. The van der Waals surface area contributed by atoms with Crippen LogP contribution in [0, 0.1) is 11.6 Å². The van der Waals surface area contributed by atoms with E-state index in [4.69, 9.17) is 0 Å². The van der Waals surface area contributed by atoms with Gasteiger partial charge in [-0.15, -0.1) is 0 Å². The minimum atomic E-state index is -0.858. The molecule has 0 aromatic heterocycles. The molecule has 154 valence electrons. The fraction of sp³-hybridized carbons (Fsp3) is 0.238. The van der Waals surface area contributed by atoms with Gasteiger partial charge in [0.15, 0.2) is 5.17 Å². The summed E-state index contributed by atoms with van der Waals surface area (Å²) in [5.41, 5.74) is 1.33. The van der Waals surface area contributed by atoms with E-state index in [0.29, 0.717) is 29.2 Å². The van der Waals surface area contributed by atoms with E-state index in [1.54, 1.807) is 0 Å². The van der Waals surface area contributed by atoms with E-state index in [2.05, 4.69) is 15.3 Å². The number of carbonyl (C=O) groups is 2. The lowest BCUT2D eigenvalue weighted by molar-refractivity contribution is -0.124. The number of carbonyl (C=O) groups excluding carboxylic acids is 2. The highest BCUT2D eigenvalue weighted by atomic mass is 32.2. The predicted octanol–water partition coefficient (Wildman–Crippen LogP) is 4.10. The van der Waals surface area contributed by atoms with Gasteiger partial charge < -0.3 is 5.32 Å². The summed E-state index contributed by atoms with van der Waals surface area (Å²) >= 11 is 1.06. The molecule has 0 saturated heterocycles. The quantitative estimate of drug-likeness (QED) is 0.779. The molecule has 0 bridgehead atoms. The summed E-state index contributed by atoms with van der Waals surface area (Å²) < 4.78 is 26.8. The van der Waals surface area contributed by atoms with Gasteiger partial charge in [0.25, 0.3) is 5.91 Å². The number of rotatable bonds is 5. The predicted molar refractivity (Wildman–Crippen MR) is 113 cm³/mol. The highest BCUT2D eigenvalue weighted by Crippen LogP contribution is 2.34. The first kappa shape index (κ1) is 20.2. The number of amidine groups is 2. The minimum Gasteiger partial charge on any atom is -0.323 e. The van der Waals surface area contributed by atoms with Crippen molar-refractivity contribution >= 4 is 46.0 Å². The maximum absolute atomic E-state index is 13.8. The van der Waals surface area contributed by atoms with E-state index in [1.807, 2.05) is 31.2 Å². The molecule has 9 heteroatoms. The Hall–Kier alpha value is -3.07. The molecule has 2 aliphatic heterocycles. The molecule has 1 atom stereocenters. The minimum absolute atomic E-state index is 0.104. The first-order valence-corrected chi connectivity index (χ1v) is 10.4. The fourth-order valence-electron chi connectivity index (χ4n) is 3.27. The van der Waals surface area contributed by atoms with Crippen LogP contribution in [-0.2, 0) is 9.59 Å². The molecule has 2 heterocycles. The number of nitrogens with one attached hydrogen (secondary N) is 1. The molecule has 0 saturated carbocycles. The molecule has 6 nitrogen and oxygen atoms in total. The van der Waals surface area contributed by atoms with Crippen molar-refractivity contribution in [1.82, 2.24) is 4.90 Å². The largest absolute Gasteiger partial charge is 0.323 e. The number of aliphatic imine (C=N–C) groups is 2. The summed E-state index contributed by atoms with van der Waals surface area (Å²) in [5.74, 6) is -1.82. The van der Waals surface area contributed by atoms with E-state index in [9.17, 15) is 18.4 Å². The zero-order valence-corrected chi connectivity index (χ0v) is 16.9. The molecule has 2 aliphatic rings. The van der Waals surface area contributed by atoms with Crippen molar-refractivity contribution in [2.24, 2.45) is 9.98 Å². The average Bonchev–Trinajstić information content (AvgIpc) is 3.05. The van der Waals surface area contributed by atoms with Crippen molar-refractivity contribution < 1.29 is 18.4 Å². The first-order chi connectivity index (χ1) is 14.5. The summed E-state index contributed by atoms with van der Waals surface area (Å²) in [6, 6.07) is 9.83.